The van der Waals surface area contributed by atoms with Gasteiger partial charge in [0.1, 0.15) is 12.4 Å². The van der Waals surface area contributed by atoms with Crippen LogP contribution in [0.25, 0.3) is 0 Å². The van der Waals surface area contributed by atoms with Gasteiger partial charge in [-0.3, -0.25) is 0 Å². The SMILES string of the molecule is C[C@@H](O)CNCc1ccccc1OCc1ccccc1Cl. The first-order valence-electron chi connectivity index (χ1n) is 6.99. The third-order valence-corrected chi connectivity index (χ3v) is 3.44. The highest BCUT2D eigenvalue weighted by molar-refractivity contribution is 6.31. The second-order valence-electron chi connectivity index (χ2n) is 4.97. The first kappa shape index (κ1) is 15.8. The van der Waals surface area contributed by atoms with Crippen LogP contribution in [0.3, 0.4) is 0 Å². The predicted molar refractivity (Wildman–Crippen MR) is 85.6 cm³/mol. The molecular formula is C17H20ClNO2. The van der Waals surface area contributed by atoms with Gasteiger partial charge in [0, 0.05) is 29.2 Å². The van der Waals surface area contributed by atoms with Crippen molar-refractivity contribution in [1.82, 2.24) is 5.32 Å². The first-order chi connectivity index (χ1) is 10.2. The lowest BCUT2D eigenvalue weighted by Crippen LogP contribution is -2.24. The maximum atomic E-state index is 9.27. The van der Waals surface area contributed by atoms with E-state index in [0.717, 1.165) is 16.9 Å². The van der Waals surface area contributed by atoms with E-state index in [1.165, 1.54) is 0 Å². The van der Waals surface area contributed by atoms with Crippen LogP contribution in [-0.2, 0) is 13.2 Å². The van der Waals surface area contributed by atoms with Gasteiger partial charge in [-0.05, 0) is 19.1 Å². The summed E-state index contributed by atoms with van der Waals surface area (Å²) in [5.74, 6) is 0.829. The maximum Gasteiger partial charge on any atom is 0.124 e. The van der Waals surface area contributed by atoms with Crippen LogP contribution in [0, 0.1) is 0 Å². The van der Waals surface area contributed by atoms with Crippen LogP contribution in [0.4, 0.5) is 0 Å². The van der Waals surface area contributed by atoms with Gasteiger partial charge in [-0.2, -0.15) is 0 Å². The van der Waals surface area contributed by atoms with E-state index in [4.69, 9.17) is 16.3 Å². The molecule has 2 aromatic carbocycles. The zero-order chi connectivity index (χ0) is 15.1. The molecule has 2 aromatic rings. The highest BCUT2D eigenvalue weighted by Gasteiger charge is 2.05. The van der Waals surface area contributed by atoms with Crippen LogP contribution in [0.1, 0.15) is 18.1 Å². The van der Waals surface area contributed by atoms with Crippen LogP contribution < -0.4 is 10.1 Å². The Balaban J connectivity index is 1.98. The molecule has 0 radical (unpaired) electrons. The van der Waals surface area contributed by atoms with Crippen LogP contribution in [0.2, 0.25) is 5.02 Å². The van der Waals surface area contributed by atoms with E-state index in [-0.39, 0.29) is 6.10 Å². The Labute approximate surface area is 130 Å². The average molecular weight is 306 g/mol. The van der Waals surface area contributed by atoms with Crippen molar-refractivity contribution in [3.63, 3.8) is 0 Å². The second kappa shape index (κ2) is 8.03. The van der Waals surface area contributed by atoms with Gasteiger partial charge in [-0.15, -0.1) is 0 Å². The zero-order valence-corrected chi connectivity index (χ0v) is 12.8. The van der Waals surface area contributed by atoms with Crippen LogP contribution in [-0.4, -0.2) is 17.8 Å². The minimum absolute atomic E-state index is 0.360. The van der Waals surface area contributed by atoms with Crippen LogP contribution in [0.15, 0.2) is 48.5 Å². The van der Waals surface area contributed by atoms with Crippen molar-refractivity contribution in [2.24, 2.45) is 0 Å². The predicted octanol–water partition coefficient (Wildman–Crippen LogP) is 3.39. The number of nitrogens with one attached hydrogen (secondary N) is 1. The van der Waals surface area contributed by atoms with Gasteiger partial charge in [0.05, 0.1) is 6.10 Å². The second-order valence-corrected chi connectivity index (χ2v) is 5.37. The average Bonchev–Trinajstić information content (AvgIpc) is 2.47. The van der Waals surface area contributed by atoms with Crippen molar-refractivity contribution < 1.29 is 9.84 Å². The molecule has 0 aromatic heterocycles. The van der Waals surface area contributed by atoms with E-state index < -0.39 is 0 Å². The minimum atomic E-state index is -0.360. The van der Waals surface area contributed by atoms with Gasteiger partial charge in [0.25, 0.3) is 0 Å². The molecule has 21 heavy (non-hydrogen) atoms. The smallest absolute Gasteiger partial charge is 0.124 e. The molecule has 1 atom stereocenters. The maximum absolute atomic E-state index is 9.27. The summed E-state index contributed by atoms with van der Waals surface area (Å²) < 4.78 is 5.87. The summed E-state index contributed by atoms with van der Waals surface area (Å²) in [5, 5.41) is 13.2. The minimum Gasteiger partial charge on any atom is -0.489 e. The molecule has 0 unspecified atom stereocenters. The molecule has 0 amide bonds. The quantitative estimate of drug-likeness (QED) is 0.824. The Morgan fingerprint density at radius 3 is 2.48 bits per heavy atom. The largest absolute Gasteiger partial charge is 0.489 e. The molecule has 0 saturated carbocycles. The van der Waals surface area contributed by atoms with Crippen molar-refractivity contribution in [1.29, 1.82) is 0 Å². The van der Waals surface area contributed by atoms with E-state index in [1.54, 1.807) is 6.92 Å². The number of hydrogen-bond acceptors (Lipinski definition) is 3. The molecule has 0 spiro atoms. The first-order valence-corrected chi connectivity index (χ1v) is 7.37. The standard InChI is InChI=1S/C17H20ClNO2/c1-13(20)10-19-11-14-6-3-5-9-17(14)21-12-15-7-2-4-8-16(15)18/h2-9,13,19-20H,10-12H2,1H3/t13-/m1/s1. The Morgan fingerprint density at radius 2 is 1.76 bits per heavy atom. The Bertz CT molecular complexity index is 572. The summed E-state index contributed by atoms with van der Waals surface area (Å²) in [4.78, 5) is 0. The molecule has 0 fully saturated rings. The van der Waals surface area contributed by atoms with E-state index >= 15 is 0 Å². The molecule has 3 nitrogen and oxygen atoms in total. The van der Waals surface area contributed by atoms with Crippen LogP contribution >= 0.6 is 11.6 Å². The van der Waals surface area contributed by atoms with E-state index in [2.05, 4.69) is 5.32 Å². The normalized spacial score (nSPS) is 12.1. The Morgan fingerprint density at radius 1 is 1.10 bits per heavy atom. The molecule has 0 aliphatic heterocycles. The van der Waals surface area contributed by atoms with Gasteiger partial charge >= 0.3 is 0 Å². The van der Waals surface area contributed by atoms with E-state index in [0.29, 0.717) is 24.7 Å². The molecular weight excluding hydrogens is 286 g/mol. The highest BCUT2D eigenvalue weighted by atomic mass is 35.5. The van der Waals surface area contributed by atoms with Crippen molar-refractivity contribution in [3.05, 3.63) is 64.7 Å². The molecule has 2 N–H and O–H groups in total. The number of rotatable bonds is 7. The van der Waals surface area contributed by atoms with Crippen LogP contribution in [0.5, 0.6) is 5.75 Å². The van der Waals surface area contributed by atoms with E-state index in [1.807, 2.05) is 48.5 Å². The molecule has 0 bridgehead atoms. The summed E-state index contributed by atoms with van der Waals surface area (Å²) >= 11 is 6.13. The Hall–Kier alpha value is -1.55. The number of para-hydroxylation sites is 1. The van der Waals surface area contributed by atoms with Gasteiger partial charge in [-0.1, -0.05) is 48.0 Å². The fourth-order valence-corrected chi connectivity index (χ4v) is 2.17. The summed E-state index contributed by atoms with van der Waals surface area (Å²) in [6.07, 6.45) is -0.360. The van der Waals surface area contributed by atoms with Crippen molar-refractivity contribution in [2.75, 3.05) is 6.54 Å². The van der Waals surface area contributed by atoms with Gasteiger partial charge in [0.15, 0.2) is 0 Å². The summed E-state index contributed by atoms with van der Waals surface area (Å²) in [7, 11) is 0. The lowest BCUT2D eigenvalue weighted by Gasteiger charge is -2.13. The number of hydrogen-bond donors (Lipinski definition) is 2. The van der Waals surface area contributed by atoms with Gasteiger partial charge in [-0.25, -0.2) is 0 Å². The third-order valence-electron chi connectivity index (χ3n) is 3.07. The summed E-state index contributed by atoms with van der Waals surface area (Å²) in [6, 6.07) is 15.5. The zero-order valence-electron chi connectivity index (χ0n) is 12.1. The number of aliphatic hydroxyl groups is 1. The van der Waals surface area contributed by atoms with Gasteiger partial charge in [0.2, 0.25) is 0 Å². The Kier molecular flexibility index (Phi) is 6.05. The monoisotopic (exact) mass is 305 g/mol. The topological polar surface area (TPSA) is 41.5 Å². The molecule has 4 heteroatoms. The summed E-state index contributed by atoms with van der Waals surface area (Å²) in [5.41, 5.74) is 2.02. The number of ether oxygens (including phenoxy) is 1. The number of benzene rings is 2. The fourth-order valence-electron chi connectivity index (χ4n) is 1.98. The lowest BCUT2D eigenvalue weighted by molar-refractivity contribution is 0.190. The van der Waals surface area contributed by atoms with Crippen molar-refractivity contribution in [3.8, 4) is 5.75 Å². The molecule has 0 aliphatic carbocycles. The summed E-state index contributed by atoms with van der Waals surface area (Å²) in [6.45, 7) is 3.41. The highest BCUT2D eigenvalue weighted by Crippen LogP contribution is 2.21. The fraction of sp³-hybridized carbons (Fsp3) is 0.294. The molecule has 112 valence electrons. The third kappa shape index (κ3) is 5.05. The van der Waals surface area contributed by atoms with Crippen molar-refractivity contribution in [2.45, 2.75) is 26.2 Å². The van der Waals surface area contributed by atoms with Gasteiger partial charge < -0.3 is 15.2 Å². The molecule has 0 saturated heterocycles. The lowest BCUT2D eigenvalue weighted by atomic mass is 10.2. The number of aliphatic hydroxyl groups excluding tert-OH is 1. The molecule has 2 rings (SSSR count). The van der Waals surface area contributed by atoms with Crippen molar-refractivity contribution >= 4 is 11.6 Å². The molecule has 0 aliphatic rings. The van der Waals surface area contributed by atoms with E-state index in [9.17, 15) is 5.11 Å². The number of halogens is 1. The molecule has 0 heterocycles.